The Morgan fingerprint density at radius 3 is 2.63 bits per heavy atom. The Kier molecular flexibility index (Phi) is 4.68. The maximum atomic E-state index is 11.6. The Balaban J connectivity index is 2.21. The van der Waals surface area contributed by atoms with E-state index in [1.54, 1.807) is 0 Å². The molecule has 3 nitrogen and oxygen atoms in total. The van der Waals surface area contributed by atoms with Crippen molar-refractivity contribution < 1.29 is 14.3 Å². The zero-order valence-electron chi connectivity index (χ0n) is 11.0. The van der Waals surface area contributed by atoms with Crippen LogP contribution in [0, 0.1) is 0 Å². The fourth-order valence-corrected chi connectivity index (χ4v) is 2.48. The average Bonchev–Trinajstić information content (AvgIpc) is 2.46. The molecule has 0 N–H and O–H groups in total. The number of hydrogen-bond donors (Lipinski definition) is 0. The van der Waals surface area contributed by atoms with Gasteiger partial charge in [-0.25, -0.2) is 4.79 Å². The van der Waals surface area contributed by atoms with Crippen molar-refractivity contribution in [3.05, 3.63) is 42.5 Å². The third-order valence-electron chi connectivity index (χ3n) is 2.68. The minimum absolute atomic E-state index is 0.361. The number of carbonyl (C=O) groups is 1. The zero-order valence-corrected chi connectivity index (χ0v) is 11.8. The van der Waals surface area contributed by atoms with Gasteiger partial charge in [-0.05, 0) is 28.7 Å². The lowest BCUT2D eigenvalue weighted by molar-refractivity contribution is -0.144. The van der Waals surface area contributed by atoms with Crippen LogP contribution >= 0.6 is 11.8 Å². The van der Waals surface area contributed by atoms with Crippen molar-refractivity contribution in [2.24, 2.45) is 0 Å². The molecule has 1 atom stereocenters. The minimum atomic E-state index is -0.615. The summed E-state index contributed by atoms with van der Waals surface area (Å²) in [4.78, 5) is 11.6. The lowest BCUT2D eigenvalue weighted by atomic mass is 10.1. The van der Waals surface area contributed by atoms with E-state index in [2.05, 4.69) is 0 Å². The van der Waals surface area contributed by atoms with E-state index in [0.717, 1.165) is 16.5 Å². The summed E-state index contributed by atoms with van der Waals surface area (Å²) >= 11 is 1.41. The number of carbonyl (C=O) groups excluding carboxylic acids is 1. The summed E-state index contributed by atoms with van der Waals surface area (Å²) in [6.45, 7) is 1.98. The van der Waals surface area contributed by atoms with E-state index in [4.69, 9.17) is 9.47 Å². The summed E-state index contributed by atoms with van der Waals surface area (Å²) in [5.74, 6) is 1.10. The van der Waals surface area contributed by atoms with Crippen molar-refractivity contribution in [1.82, 2.24) is 0 Å². The third-order valence-corrected chi connectivity index (χ3v) is 3.60. The number of thioether (sulfide) groups is 1. The predicted molar refractivity (Wildman–Crippen MR) is 78.5 cm³/mol. The highest BCUT2D eigenvalue weighted by Crippen LogP contribution is 2.24. The molecule has 0 amide bonds. The second-order valence-corrected chi connectivity index (χ2v) is 5.28. The number of hydrogen-bond acceptors (Lipinski definition) is 4. The lowest BCUT2D eigenvalue weighted by Gasteiger charge is -2.16. The van der Waals surface area contributed by atoms with E-state index >= 15 is 0 Å². The van der Waals surface area contributed by atoms with Crippen LogP contribution in [0.2, 0.25) is 0 Å². The van der Waals surface area contributed by atoms with Crippen LogP contribution in [0.15, 0.2) is 42.5 Å². The molecule has 2 aromatic carbocycles. The van der Waals surface area contributed by atoms with Crippen molar-refractivity contribution in [3.8, 4) is 5.75 Å². The fourth-order valence-electron chi connectivity index (χ4n) is 1.76. The first-order valence-electron chi connectivity index (χ1n) is 6.09. The molecule has 0 bridgehead atoms. The second-order valence-electron chi connectivity index (χ2n) is 3.94. The normalized spacial score (nSPS) is 12.1. The van der Waals surface area contributed by atoms with Crippen molar-refractivity contribution in [2.45, 2.75) is 12.4 Å². The topological polar surface area (TPSA) is 35.5 Å². The van der Waals surface area contributed by atoms with E-state index in [-0.39, 0.29) is 5.97 Å². The molecule has 0 fully saturated rings. The highest BCUT2D eigenvalue weighted by molar-refractivity contribution is 8.00. The Morgan fingerprint density at radius 1 is 1.21 bits per heavy atom. The molecule has 2 aromatic rings. The second kappa shape index (κ2) is 6.48. The van der Waals surface area contributed by atoms with Crippen LogP contribution in [0.5, 0.6) is 5.75 Å². The number of rotatable bonds is 5. The number of ether oxygens (including phenoxy) is 2. The van der Waals surface area contributed by atoms with Crippen molar-refractivity contribution in [3.63, 3.8) is 0 Å². The van der Waals surface area contributed by atoms with Gasteiger partial charge in [-0.3, -0.25) is 0 Å². The highest BCUT2D eigenvalue weighted by Gasteiger charge is 2.20. The zero-order chi connectivity index (χ0) is 13.7. The number of fused-ring (bicyclic) bond motifs is 1. The van der Waals surface area contributed by atoms with Gasteiger partial charge in [0.15, 0.2) is 0 Å². The van der Waals surface area contributed by atoms with Crippen molar-refractivity contribution in [2.75, 3.05) is 12.9 Å². The summed E-state index contributed by atoms with van der Waals surface area (Å²) in [7, 11) is 1.37. The van der Waals surface area contributed by atoms with E-state index in [9.17, 15) is 4.79 Å². The quantitative estimate of drug-likeness (QED) is 0.619. The Bertz CT molecular complexity index is 568. The van der Waals surface area contributed by atoms with Gasteiger partial charge in [0.25, 0.3) is 0 Å². The molecule has 0 aliphatic rings. The van der Waals surface area contributed by atoms with Gasteiger partial charge in [-0.15, -0.1) is 11.8 Å². The number of benzene rings is 2. The monoisotopic (exact) mass is 276 g/mol. The summed E-state index contributed by atoms with van der Waals surface area (Å²) in [6.07, 6.45) is 0. The molecule has 0 aromatic heterocycles. The van der Waals surface area contributed by atoms with Crippen LogP contribution < -0.4 is 4.74 Å². The summed E-state index contributed by atoms with van der Waals surface area (Å²) in [6, 6.07) is 13.8. The molecule has 0 saturated heterocycles. The van der Waals surface area contributed by atoms with E-state index < -0.39 is 5.44 Å². The van der Waals surface area contributed by atoms with Gasteiger partial charge < -0.3 is 9.47 Å². The first-order valence-corrected chi connectivity index (χ1v) is 7.14. The molecule has 100 valence electrons. The molecule has 1 unspecified atom stereocenters. The van der Waals surface area contributed by atoms with Gasteiger partial charge in [0.1, 0.15) is 5.75 Å². The standard InChI is InChI=1S/C15H16O3S/c1-3-19-15(14(16)17-2)18-13-9-8-11-6-4-5-7-12(11)10-13/h4-10,15H,3H2,1-2H3. The fraction of sp³-hybridized carbons (Fsp3) is 0.267. The van der Waals surface area contributed by atoms with Crippen LogP contribution in [0.25, 0.3) is 10.8 Å². The SMILES string of the molecule is CCSC(Oc1ccc2ccccc2c1)C(=O)OC. The summed E-state index contributed by atoms with van der Waals surface area (Å²) < 4.78 is 10.4. The maximum absolute atomic E-state index is 11.6. The predicted octanol–water partition coefficient (Wildman–Crippen LogP) is 3.47. The Morgan fingerprint density at radius 2 is 1.95 bits per heavy atom. The molecular weight excluding hydrogens is 260 g/mol. The molecule has 4 heteroatoms. The van der Waals surface area contributed by atoms with Gasteiger partial charge in [-0.2, -0.15) is 0 Å². The van der Waals surface area contributed by atoms with Crippen LogP contribution in [-0.2, 0) is 9.53 Å². The molecule has 0 radical (unpaired) electrons. The first kappa shape index (κ1) is 13.7. The first-order chi connectivity index (χ1) is 9.24. The molecule has 0 aliphatic carbocycles. The lowest BCUT2D eigenvalue weighted by Crippen LogP contribution is -2.25. The Hall–Kier alpha value is -1.68. The van der Waals surface area contributed by atoms with Crippen LogP contribution in [0.1, 0.15) is 6.92 Å². The van der Waals surface area contributed by atoms with Crippen LogP contribution in [0.4, 0.5) is 0 Å². The molecule has 19 heavy (non-hydrogen) atoms. The summed E-state index contributed by atoms with van der Waals surface area (Å²) in [5.41, 5.74) is -0.615. The minimum Gasteiger partial charge on any atom is -0.468 e. The molecule has 0 aliphatic heterocycles. The molecule has 2 rings (SSSR count). The van der Waals surface area contributed by atoms with Gasteiger partial charge in [0, 0.05) is 0 Å². The largest absolute Gasteiger partial charge is 0.468 e. The van der Waals surface area contributed by atoms with Crippen molar-refractivity contribution in [1.29, 1.82) is 0 Å². The highest BCUT2D eigenvalue weighted by atomic mass is 32.2. The van der Waals surface area contributed by atoms with Crippen LogP contribution in [-0.4, -0.2) is 24.3 Å². The third kappa shape index (κ3) is 3.41. The van der Waals surface area contributed by atoms with E-state index in [1.807, 2.05) is 49.4 Å². The van der Waals surface area contributed by atoms with E-state index in [1.165, 1.54) is 18.9 Å². The summed E-state index contributed by atoms with van der Waals surface area (Å²) in [5, 5.41) is 2.23. The molecular formula is C15H16O3S. The van der Waals surface area contributed by atoms with Gasteiger partial charge in [0.2, 0.25) is 5.44 Å². The van der Waals surface area contributed by atoms with E-state index in [0.29, 0.717) is 5.75 Å². The maximum Gasteiger partial charge on any atom is 0.357 e. The van der Waals surface area contributed by atoms with Gasteiger partial charge in [0.05, 0.1) is 7.11 Å². The number of esters is 1. The Labute approximate surface area is 116 Å². The smallest absolute Gasteiger partial charge is 0.357 e. The molecule has 0 saturated carbocycles. The number of methoxy groups -OCH3 is 1. The molecule has 0 heterocycles. The van der Waals surface area contributed by atoms with Crippen molar-refractivity contribution >= 4 is 28.5 Å². The molecule has 0 spiro atoms. The van der Waals surface area contributed by atoms with Gasteiger partial charge >= 0.3 is 5.97 Å². The average molecular weight is 276 g/mol. The van der Waals surface area contributed by atoms with Gasteiger partial charge in [-0.1, -0.05) is 37.3 Å². The van der Waals surface area contributed by atoms with Crippen LogP contribution in [0.3, 0.4) is 0 Å².